The van der Waals surface area contributed by atoms with E-state index in [0.29, 0.717) is 12.2 Å². The van der Waals surface area contributed by atoms with Crippen LogP contribution in [0.3, 0.4) is 0 Å². The molecule has 1 N–H and O–H groups in total. The second-order valence-electron chi connectivity index (χ2n) is 7.81. The molecule has 1 amide bonds. The molecule has 1 heterocycles. The minimum Gasteiger partial charge on any atom is -0.326 e. The quantitative estimate of drug-likeness (QED) is 0.787. The Morgan fingerprint density at radius 2 is 1.90 bits per heavy atom. The van der Waals surface area contributed by atoms with Crippen LogP contribution in [-0.4, -0.2) is 50.7 Å². The summed E-state index contributed by atoms with van der Waals surface area (Å²) in [7, 11) is -0.553. The fourth-order valence-electron chi connectivity index (χ4n) is 3.60. The number of anilines is 1. The number of rotatable bonds is 6. The maximum absolute atomic E-state index is 12.9. The van der Waals surface area contributed by atoms with Gasteiger partial charge in [-0.3, -0.25) is 9.69 Å². The minimum absolute atomic E-state index is 0.0507. The summed E-state index contributed by atoms with van der Waals surface area (Å²) in [6, 6.07) is 15.1. The fraction of sp³-hybridized carbons (Fsp3) is 0.409. The Labute approximate surface area is 173 Å². The molecular weight excluding hydrogens is 386 g/mol. The molecule has 6 nitrogen and oxygen atoms in total. The van der Waals surface area contributed by atoms with Gasteiger partial charge >= 0.3 is 0 Å². The third-order valence-corrected chi connectivity index (χ3v) is 7.18. The first-order valence-electron chi connectivity index (χ1n) is 9.87. The van der Waals surface area contributed by atoms with Crippen molar-refractivity contribution in [1.82, 2.24) is 9.21 Å². The van der Waals surface area contributed by atoms with Crippen molar-refractivity contribution in [2.24, 2.45) is 5.92 Å². The molecular formula is C22H29N3O3S. The third kappa shape index (κ3) is 5.23. The number of aryl methyl sites for hydroxylation is 1. The topological polar surface area (TPSA) is 69.7 Å². The highest BCUT2D eigenvalue weighted by Gasteiger charge is 2.26. The number of hydrogen-bond donors (Lipinski definition) is 1. The van der Waals surface area contributed by atoms with Crippen LogP contribution in [0.15, 0.2) is 53.4 Å². The smallest absolute Gasteiger partial charge is 0.242 e. The molecule has 0 aromatic heterocycles. The van der Waals surface area contributed by atoms with E-state index >= 15 is 0 Å². The molecule has 156 valence electrons. The molecule has 2 aromatic carbocycles. The molecule has 2 aromatic rings. The largest absolute Gasteiger partial charge is 0.326 e. The third-order valence-electron chi connectivity index (χ3n) is 5.37. The first kappa shape index (κ1) is 21.5. The zero-order chi connectivity index (χ0) is 21.0. The normalized spacial score (nSPS) is 18.0. The molecule has 0 saturated carbocycles. The molecule has 0 spiro atoms. The van der Waals surface area contributed by atoms with Gasteiger partial charge in [-0.25, -0.2) is 12.7 Å². The van der Waals surface area contributed by atoms with Gasteiger partial charge in [0, 0.05) is 32.9 Å². The predicted molar refractivity (Wildman–Crippen MR) is 115 cm³/mol. The molecule has 0 radical (unpaired) electrons. The lowest BCUT2D eigenvalue weighted by Crippen LogP contribution is -2.40. The van der Waals surface area contributed by atoms with Crippen LogP contribution in [-0.2, 0) is 21.4 Å². The Bertz CT molecular complexity index is 959. The number of carbonyl (C=O) groups excluding carboxylic acids is 1. The van der Waals surface area contributed by atoms with Crippen LogP contribution in [0.5, 0.6) is 0 Å². The van der Waals surface area contributed by atoms with E-state index in [0.717, 1.165) is 31.5 Å². The molecule has 7 heteroatoms. The second-order valence-corrected chi connectivity index (χ2v) is 9.97. The van der Waals surface area contributed by atoms with Crippen molar-refractivity contribution in [1.29, 1.82) is 0 Å². The molecule has 0 aliphatic carbocycles. The van der Waals surface area contributed by atoms with Gasteiger partial charge in [-0.05, 0) is 49.6 Å². The van der Waals surface area contributed by atoms with E-state index in [-0.39, 0.29) is 16.7 Å². The lowest BCUT2D eigenvalue weighted by atomic mass is 9.96. The number of hydrogen-bond acceptors (Lipinski definition) is 4. The number of sulfonamides is 1. The molecule has 0 bridgehead atoms. The summed E-state index contributed by atoms with van der Waals surface area (Å²) in [6.07, 6.45) is 1.81. The van der Waals surface area contributed by atoms with Gasteiger partial charge < -0.3 is 5.32 Å². The number of likely N-dealkylation sites (tertiary alicyclic amines) is 1. The first-order chi connectivity index (χ1) is 13.8. The zero-order valence-corrected chi connectivity index (χ0v) is 18.1. The van der Waals surface area contributed by atoms with Crippen molar-refractivity contribution < 1.29 is 13.2 Å². The van der Waals surface area contributed by atoms with Crippen molar-refractivity contribution in [3.8, 4) is 0 Å². The zero-order valence-electron chi connectivity index (χ0n) is 17.3. The van der Waals surface area contributed by atoms with Gasteiger partial charge in [0.1, 0.15) is 0 Å². The number of benzene rings is 2. The summed E-state index contributed by atoms with van der Waals surface area (Å²) in [5, 5.41) is 2.97. The highest BCUT2D eigenvalue weighted by Crippen LogP contribution is 2.25. The van der Waals surface area contributed by atoms with Crippen LogP contribution >= 0.6 is 0 Å². The summed E-state index contributed by atoms with van der Waals surface area (Å²) in [5.74, 6) is -0.161. The Morgan fingerprint density at radius 3 is 2.59 bits per heavy atom. The predicted octanol–water partition coefficient (Wildman–Crippen LogP) is 3.10. The highest BCUT2D eigenvalue weighted by molar-refractivity contribution is 7.89. The van der Waals surface area contributed by atoms with Crippen molar-refractivity contribution in [3.05, 3.63) is 59.7 Å². The second kappa shape index (κ2) is 9.07. The molecule has 1 aliphatic rings. The van der Waals surface area contributed by atoms with E-state index in [1.807, 2.05) is 25.1 Å². The van der Waals surface area contributed by atoms with Gasteiger partial charge in [0.05, 0.1) is 10.8 Å². The molecule has 3 rings (SSSR count). The number of carbonyl (C=O) groups is 1. The fourth-order valence-corrected chi connectivity index (χ4v) is 4.53. The highest BCUT2D eigenvalue weighted by atomic mass is 32.2. The summed E-state index contributed by atoms with van der Waals surface area (Å²) < 4.78 is 26.0. The van der Waals surface area contributed by atoms with Crippen molar-refractivity contribution in [3.63, 3.8) is 0 Å². The van der Waals surface area contributed by atoms with E-state index in [4.69, 9.17) is 0 Å². The van der Waals surface area contributed by atoms with E-state index in [2.05, 4.69) is 22.3 Å². The lowest BCUT2D eigenvalue weighted by molar-refractivity contribution is -0.121. The van der Waals surface area contributed by atoms with Crippen LogP contribution in [0, 0.1) is 12.8 Å². The van der Waals surface area contributed by atoms with Gasteiger partial charge in [0.25, 0.3) is 0 Å². The number of amides is 1. The lowest BCUT2D eigenvalue weighted by Gasteiger charge is -2.32. The van der Waals surface area contributed by atoms with E-state index in [1.165, 1.54) is 24.0 Å². The monoisotopic (exact) mass is 415 g/mol. The van der Waals surface area contributed by atoms with Gasteiger partial charge in [0.15, 0.2) is 0 Å². The number of nitrogens with one attached hydrogen (secondary N) is 1. The Hall–Kier alpha value is -2.22. The van der Waals surface area contributed by atoms with Gasteiger partial charge in [-0.1, -0.05) is 36.4 Å². The summed E-state index contributed by atoms with van der Waals surface area (Å²) in [6.45, 7) is 4.38. The molecule has 1 unspecified atom stereocenters. The van der Waals surface area contributed by atoms with Crippen LogP contribution < -0.4 is 5.32 Å². The van der Waals surface area contributed by atoms with Crippen molar-refractivity contribution in [2.45, 2.75) is 31.2 Å². The van der Waals surface area contributed by atoms with Crippen LogP contribution in [0.2, 0.25) is 0 Å². The first-order valence-corrected chi connectivity index (χ1v) is 11.3. The summed E-state index contributed by atoms with van der Waals surface area (Å²) in [4.78, 5) is 15.4. The Morgan fingerprint density at radius 1 is 1.17 bits per heavy atom. The van der Waals surface area contributed by atoms with Crippen molar-refractivity contribution in [2.75, 3.05) is 32.5 Å². The Kier molecular flexibility index (Phi) is 6.72. The maximum Gasteiger partial charge on any atom is 0.242 e. The summed E-state index contributed by atoms with van der Waals surface area (Å²) in [5.41, 5.74) is 2.64. The minimum atomic E-state index is -3.55. The maximum atomic E-state index is 12.9. The Balaban J connectivity index is 1.69. The van der Waals surface area contributed by atoms with Gasteiger partial charge in [-0.2, -0.15) is 0 Å². The molecule has 1 atom stereocenters. The summed E-state index contributed by atoms with van der Waals surface area (Å²) >= 11 is 0. The number of nitrogens with zero attached hydrogens (tertiary/aromatic N) is 2. The van der Waals surface area contributed by atoms with E-state index in [9.17, 15) is 13.2 Å². The molecule has 1 saturated heterocycles. The van der Waals surface area contributed by atoms with Crippen molar-refractivity contribution >= 4 is 21.6 Å². The average Bonchev–Trinajstić information content (AvgIpc) is 2.70. The average molecular weight is 416 g/mol. The van der Waals surface area contributed by atoms with E-state index in [1.54, 1.807) is 18.2 Å². The standard InChI is InChI=1S/C22H29N3O3S/c1-17-11-12-20(29(27,28)24(2)3)14-21(17)23-22(26)19-10-7-13-25(16-19)15-18-8-5-4-6-9-18/h4-6,8-9,11-12,14,19H,7,10,13,15-16H2,1-3H3,(H,23,26). The van der Waals surface area contributed by atoms with Gasteiger partial charge in [0.2, 0.25) is 15.9 Å². The van der Waals surface area contributed by atoms with E-state index < -0.39 is 10.0 Å². The van der Waals surface area contributed by atoms with Crippen LogP contribution in [0.4, 0.5) is 5.69 Å². The number of piperidine rings is 1. The SMILES string of the molecule is Cc1ccc(S(=O)(=O)N(C)C)cc1NC(=O)C1CCCN(Cc2ccccc2)C1. The molecule has 1 aliphatic heterocycles. The molecule has 29 heavy (non-hydrogen) atoms. The van der Waals surface area contributed by atoms with Crippen LogP contribution in [0.25, 0.3) is 0 Å². The molecule has 1 fully saturated rings. The van der Waals surface area contributed by atoms with Crippen LogP contribution in [0.1, 0.15) is 24.0 Å². The van der Waals surface area contributed by atoms with Gasteiger partial charge in [-0.15, -0.1) is 0 Å².